The second-order valence-electron chi connectivity index (χ2n) is 7.83. The van der Waals surface area contributed by atoms with Crippen molar-refractivity contribution in [1.29, 1.82) is 0 Å². The van der Waals surface area contributed by atoms with E-state index in [0.29, 0.717) is 17.3 Å². The molecule has 0 fully saturated rings. The maximum Gasteiger partial charge on any atom is 0.430 e. The highest BCUT2D eigenvalue weighted by atomic mass is 19.4. The van der Waals surface area contributed by atoms with Crippen molar-refractivity contribution in [3.05, 3.63) is 81.6 Å². The lowest BCUT2D eigenvalue weighted by molar-refractivity contribution is -0.0926. The third-order valence-corrected chi connectivity index (χ3v) is 5.79. The summed E-state index contributed by atoms with van der Waals surface area (Å²) in [6.45, 7) is 5.81. The number of alkyl halides is 3. The molecule has 0 saturated heterocycles. The summed E-state index contributed by atoms with van der Waals surface area (Å²) in [6, 6.07) is 8.75. The largest absolute Gasteiger partial charge is 0.430 e. The Morgan fingerprint density at radius 3 is 2.53 bits per heavy atom. The first kappa shape index (κ1) is 25.2. The third kappa shape index (κ3) is 5.04. The summed E-state index contributed by atoms with van der Waals surface area (Å²) in [5, 5.41) is 4.61. The maximum atomic E-state index is 12.7. The molecule has 0 unspecified atom stereocenters. The van der Waals surface area contributed by atoms with Crippen molar-refractivity contribution >= 4 is 16.6 Å². The molecule has 0 atom stereocenters. The Morgan fingerprint density at radius 2 is 1.85 bits per heavy atom. The van der Waals surface area contributed by atoms with Gasteiger partial charge in [-0.1, -0.05) is 19.9 Å². The van der Waals surface area contributed by atoms with E-state index in [-0.39, 0.29) is 11.3 Å². The van der Waals surface area contributed by atoms with E-state index in [1.807, 2.05) is 39.1 Å². The molecule has 0 aliphatic carbocycles. The maximum absolute atomic E-state index is 12.7. The smallest absolute Gasteiger partial charge is 0.398 e. The Hall–Kier alpha value is -3.46. The summed E-state index contributed by atoms with van der Waals surface area (Å²) in [5.74, 6) is 0. The van der Waals surface area contributed by atoms with Gasteiger partial charge in [-0.2, -0.15) is 13.2 Å². The van der Waals surface area contributed by atoms with Gasteiger partial charge in [0.1, 0.15) is 5.70 Å². The fourth-order valence-corrected chi connectivity index (χ4v) is 4.06. The lowest BCUT2D eigenvalue weighted by Crippen LogP contribution is -2.19. The Bertz CT molecular complexity index is 1300. The lowest BCUT2D eigenvalue weighted by Gasteiger charge is -2.09. The molecule has 9 heteroatoms. The van der Waals surface area contributed by atoms with E-state index in [1.165, 1.54) is 21.9 Å². The van der Waals surface area contributed by atoms with Crippen molar-refractivity contribution in [2.45, 2.75) is 39.4 Å². The van der Waals surface area contributed by atoms with Gasteiger partial charge < -0.3 is 21.4 Å². The highest BCUT2D eigenvalue weighted by Crippen LogP contribution is 2.29. The van der Waals surface area contributed by atoms with Crippen LogP contribution in [-0.2, 0) is 20.0 Å². The van der Waals surface area contributed by atoms with Crippen LogP contribution in [0.25, 0.3) is 22.3 Å². The number of aryl methyl sites for hydroxylation is 1. The molecule has 1 aliphatic heterocycles. The van der Waals surface area contributed by atoms with E-state index in [2.05, 4.69) is 9.88 Å². The van der Waals surface area contributed by atoms with E-state index in [4.69, 9.17) is 11.5 Å². The summed E-state index contributed by atoms with van der Waals surface area (Å²) < 4.78 is 41.2. The minimum atomic E-state index is -4.63. The molecule has 4 rings (SSSR count). The Balaban J connectivity index is 0.00000158. The zero-order valence-electron chi connectivity index (χ0n) is 19.5. The van der Waals surface area contributed by atoms with Crippen molar-refractivity contribution in [2.75, 3.05) is 6.54 Å². The van der Waals surface area contributed by atoms with Crippen molar-refractivity contribution in [1.82, 2.24) is 14.5 Å². The number of benzene rings is 1. The van der Waals surface area contributed by atoms with E-state index in [0.717, 1.165) is 42.9 Å². The highest BCUT2D eigenvalue weighted by Gasteiger charge is 2.30. The number of nitrogens with one attached hydrogen (secondary N) is 1. The summed E-state index contributed by atoms with van der Waals surface area (Å²) in [7, 11) is 2.04. The van der Waals surface area contributed by atoms with E-state index < -0.39 is 11.9 Å². The van der Waals surface area contributed by atoms with Crippen molar-refractivity contribution in [3.8, 4) is 5.69 Å². The number of aromatic nitrogens is 2. The lowest BCUT2D eigenvalue weighted by atomic mass is 10.1. The van der Waals surface area contributed by atoms with Crippen LogP contribution in [0.3, 0.4) is 0 Å². The Labute approximate surface area is 196 Å². The van der Waals surface area contributed by atoms with Gasteiger partial charge >= 0.3 is 6.18 Å². The fourth-order valence-electron chi connectivity index (χ4n) is 4.06. The quantitative estimate of drug-likeness (QED) is 0.500. The van der Waals surface area contributed by atoms with Gasteiger partial charge in [-0.05, 0) is 55.3 Å². The molecule has 182 valence electrons. The van der Waals surface area contributed by atoms with Crippen LogP contribution in [0.2, 0.25) is 0 Å². The van der Waals surface area contributed by atoms with Crippen LogP contribution in [-0.4, -0.2) is 21.9 Å². The number of halogens is 3. The van der Waals surface area contributed by atoms with E-state index in [9.17, 15) is 18.0 Å². The molecule has 3 heterocycles. The molecule has 1 aromatic carbocycles. The van der Waals surface area contributed by atoms with Gasteiger partial charge in [-0.25, -0.2) is 0 Å². The van der Waals surface area contributed by atoms with Crippen LogP contribution in [0.4, 0.5) is 13.2 Å². The van der Waals surface area contributed by atoms with Crippen LogP contribution in [0, 0.1) is 0 Å². The van der Waals surface area contributed by atoms with Crippen LogP contribution in [0.15, 0.2) is 59.2 Å². The van der Waals surface area contributed by atoms with Crippen molar-refractivity contribution < 1.29 is 13.2 Å². The number of pyridine rings is 1. The number of nitrogens with two attached hydrogens (primary N) is 2. The van der Waals surface area contributed by atoms with Gasteiger partial charge in [0.25, 0.3) is 5.56 Å². The molecule has 0 amide bonds. The normalized spacial score (nSPS) is 14.9. The first-order chi connectivity index (χ1) is 16.2. The molecule has 0 bridgehead atoms. The molecule has 3 aromatic rings. The molecular weight excluding hydrogens is 443 g/mol. The molecule has 34 heavy (non-hydrogen) atoms. The third-order valence-electron chi connectivity index (χ3n) is 5.79. The van der Waals surface area contributed by atoms with Gasteiger partial charge in [0.05, 0.1) is 11.2 Å². The van der Waals surface area contributed by atoms with Crippen LogP contribution in [0.1, 0.15) is 37.1 Å². The summed E-state index contributed by atoms with van der Waals surface area (Å²) in [5.41, 5.74) is 13.9. The van der Waals surface area contributed by atoms with Gasteiger partial charge in [-0.3, -0.25) is 9.36 Å². The number of rotatable bonds is 3. The Morgan fingerprint density at radius 1 is 1.12 bits per heavy atom. The second kappa shape index (κ2) is 10.2. The van der Waals surface area contributed by atoms with E-state index >= 15 is 0 Å². The first-order valence-corrected chi connectivity index (χ1v) is 11.2. The summed E-state index contributed by atoms with van der Waals surface area (Å²) >= 11 is 0. The number of allylic oxidation sites excluding steroid dienone is 3. The molecule has 6 nitrogen and oxygen atoms in total. The molecule has 0 radical (unpaired) electrons. The SMILES string of the molecule is CC.Cn1c2c(c3ccc(-n4ccc(/C(N)=C/C=C(\N)C(F)(F)F)cc4=O)cc31)CNCCC2. The second-order valence-corrected chi connectivity index (χ2v) is 7.83. The van der Waals surface area contributed by atoms with Crippen molar-refractivity contribution in [3.63, 3.8) is 0 Å². The number of hydrogen-bond donors (Lipinski definition) is 3. The molecule has 2 aromatic heterocycles. The fraction of sp³-hybridized carbons (Fsp3) is 0.320. The summed E-state index contributed by atoms with van der Waals surface area (Å²) in [6.07, 6.45) is 0.720. The van der Waals surface area contributed by atoms with Crippen LogP contribution in [0.5, 0.6) is 0 Å². The predicted octanol–water partition coefficient (Wildman–Crippen LogP) is 4.10. The van der Waals surface area contributed by atoms with Crippen LogP contribution >= 0.6 is 0 Å². The molecule has 1 aliphatic rings. The van der Waals surface area contributed by atoms with Gasteiger partial charge in [0.2, 0.25) is 0 Å². The number of fused-ring (bicyclic) bond motifs is 3. The Kier molecular flexibility index (Phi) is 7.56. The standard InChI is InChI=1S/C23H24F3N5O.C2H6/c1-30-19-3-2-9-29-13-17(19)16-5-4-15(12-20(16)30)31-10-8-14(11-22(31)32)18(27)6-7-21(28)23(24,25)26;1-2/h4-8,10-12,29H,2-3,9,13,27-28H2,1H3;1-2H3/b18-6-,21-7-;. The zero-order valence-corrected chi connectivity index (χ0v) is 19.5. The molecule has 5 N–H and O–H groups in total. The average Bonchev–Trinajstić information content (AvgIpc) is 2.97. The predicted molar refractivity (Wildman–Crippen MR) is 130 cm³/mol. The average molecular weight is 474 g/mol. The van der Waals surface area contributed by atoms with Crippen molar-refractivity contribution in [2.24, 2.45) is 18.5 Å². The molecule has 0 spiro atoms. The number of nitrogens with zero attached hydrogens (tertiary/aromatic N) is 2. The highest BCUT2D eigenvalue weighted by molar-refractivity contribution is 5.87. The topological polar surface area (TPSA) is 91.0 Å². The minimum Gasteiger partial charge on any atom is -0.398 e. The zero-order chi connectivity index (χ0) is 25.0. The van der Waals surface area contributed by atoms with Gasteiger partial charge in [0.15, 0.2) is 0 Å². The molecule has 0 saturated carbocycles. The van der Waals surface area contributed by atoms with E-state index in [1.54, 1.807) is 12.3 Å². The van der Waals surface area contributed by atoms with Crippen LogP contribution < -0.4 is 22.3 Å². The minimum absolute atomic E-state index is 0.00979. The van der Waals surface area contributed by atoms with Gasteiger partial charge in [0, 0.05) is 48.2 Å². The van der Waals surface area contributed by atoms with Gasteiger partial charge in [-0.15, -0.1) is 0 Å². The monoisotopic (exact) mass is 473 g/mol. The number of hydrogen-bond acceptors (Lipinski definition) is 4. The molecular formula is C25H30F3N5O. The summed E-state index contributed by atoms with van der Waals surface area (Å²) in [4.78, 5) is 12.7. The first-order valence-electron chi connectivity index (χ1n) is 11.2.